The van der Waals surface area contributed by atoms with Gasteiger partial charge in [0.15, 0.2) is 0 Å². The molecule has 0 radical (unpaired) electrons. The van der Waals surface area contributed by atoms with Gasteiger partial charge in [-0.15, -0.1) is 0 Å². The fourth-order valence-electron chi connectivity index (χ4n) is 4.29. The molecule has 2 aliphatic carbocycles. The zero-order valence-corrected chi connectivity index (χ0v) is 22.6. The second kappa shape index (κ2) is 12.9. The van der Waals surface area contributed by atoms with Gasteiger partial charge >= 0.3 is 47.8 Å². The SMILES string of the molecule is C=CC(=O)OC(C)C1(C(=O)O)C=CC(C(=O)OC(=O)C2C=CC(C(=O)O)(C(C)OC(=O)C=C)C=C2C(=O)O)C(C(=O)O)=C1. The minimum absolute atomic E-state index is 0.644. The van der Waals surface area contributed by atoms with Crippen LogP contribution in [0.25, 0.3) is 0 Å². The molecule has 0 aromatic rings. The van der Waals surface area contributed by atoms with E-state index >= 15 is 0 Å². The predicted molar refractivity (Wildman–Crippen MR) is 139 cm³/mol. The first-order chi connectivity index (χ1) is 20.0. The van der Waals surface area contributed by atoms with E-state index in [1.54, 1.807) is 0 Å². The molecule has 2 aliphatic rings. The highest BCUT2D eigenvalue weighted by molar-refractivity contribution is 6.04. The van der Waals surface area contributed by atoms with Crippen LogP contribution in [0.1, 0.15) is 13.8 Å². The van der Waals surface area contributed by atoms with E-state index < -0.39 is 93.8 Å². The summed E-state index contributed by atoms with van der Waals surface area (Å²) in [6.07, 6.45) is 3.17. The first-order valence-corrected chi connectivity index (χ1v) is 12.2. The van der Waals surface area contributed by atoms with E-state index in [9.17, 15) is 58.8 Å². The van der Waals surface area contributed by atoms with Crippen molar-refractivity contribution in [2.75, 3.05) is 0 Å². The molecule has 15 nitrogen and oxygen atoms in total. The van der Waals surface area contributed by atoms with Crippen molar-refractivity contribution in [3.63, 3.8) is 0 Å². The number of ether oxygens (including phenoxy) is 3. The number of hydrogen-bond donors (Lipinski definition) is 4. The fraction of sp³-hybridized carbons (Fsp3) is 0.286. The van der Waals surface area contributed by atoms with Crippen molar-refractivity contribution >= 4 is 47.8 Å². The van der Waals surface area contributed by atoms with Gasteiger partial charge in [-0.05, 0) is 26.0 Å². The normalized spacial score (nSPS) is 25.4. The van der Waals surface area contributed by atoms with Crippen molar-refractivity contribution < 1.29 is 73.0 Å². The van der Waals surface area contributed by atoms with Crippen LogP contribution in [0.15, 0.2) is 72.9 Å². The van der Waals surface area contributed by atoms with Gasteiger partial charge < -0.3 is 34.6 Å². The molecule has 6 unspecified atom stereocenters. The second-order valence-electron chi connectivity index (χ2n) is 9.27. The Kier molecular flexibility index (Phi) is 10.1. The molecular formula is C28H26O15. The average molecular weight is 603 g/mol. The van der Waals surface area contributed by atoms with Crippen LogP contribution in [-0.2, 0) is 52.6 Å². The van der Waals surface area contributed by atoms with Gasteiger partial charge in [0.25, 0.3) is 0 Å². The number of carbonyl (C=O) groups excluding carboxylic acids is 4. The van der Waals surface area contributed by atoms with Gasteiger partial charge in [0.05, 0.1) is 11.1 Å². The zero-order chi connectivity index (χ0) is 32.9. The summed E-state index contributed by atoms with van der Waals surface area (Å²) < 4.78 is 14.6. The Morgan fingerprint density at radius 3 is 1.28 bits per heavy atom. The molecule has 0 aromatic carbocycles. The standard InChI is InChI=1S/C28H26O15/c1-5-19(29)41-13(3)27(25(37)38)9-7-15(17(11-27)21(31)32)23(35)43-24(36)16-8-10-28(26(39)40,12-18(16)22(33)34)14(4)42-20(30)6-2/h5-16H,1-2H2,3-4H3,(H,31,32)(H,33,34)(H,37,38)(H,39,40). The lowest BCUT2D eigenvalue weighted by molar-refractivity contribution is -0.165. The van der Waals surface area contributed by atoms with Gasteiger partial charge in [-0.25, -0.2) is 19.2 Å². The molecule has 0 aliphatic heterocycles. The summed E-state index contributed by atoms with van der Waals surface area (Å²) >= 11 is 0. The molecule has 0 saturated carbocycles. The molecule has 2 rings (SSSR count). The number of carboxylic acids is 4. The van der Waals surface area contributed by atoms with Crippen LogP contribution in [0.5, 0.6) is 0 Å². The maximum atomic E-state index is 12.9. The molecule has 0 amide bonds. The number of rotatable bonds is 12. The topological polar surface area (TPSA) is 245 Å². The van der Waals surface area contributed by atoms with E-state index in [2.05, 4.69) is 13.2 Å². The van der Waals surface area contributed by atoms with Crippen molar-refractivity contribution in [1.29, 1.82) is 0 Å². The Labute approximate surface area is 242 Å². The summed E-state index contributed by atoms with van der Waals surface area (Å²) in [5.41, 5.74) is -6.21. The molecule has 0 saturated heterocycles. The van der Waals surface area contributed by atoms with Crippen LogP contribution >= 0.6 is 0 Å². The summed E-state index contributed by atoms with van der Waals surface area (Å²) in [4.78, 5) is 97.3. The Balaban J connectivity index is 2.42. The Hall–Kier alpha value is -5.60. The number of hydrogen-bond acceptors (Lipinski definition) is 11. The van der Waals surface area contributed by atoms with E-state index in [0.29, 0.717) is 12.2 Å². The molecule has 0 aromatic heterocycles. The van der Waals surface area contributed by atoms with E-state index in [4.69, 9.17) is 14.2 Å². The zero-order valence-electron chi connectivity index (χ0n) is 22.6. The molecule has 43 heavy (non-hydrogen) atoms. The Morgan fingerprint density at radius 2 is 1.02 bits per heavy atom. The molecule has 4 N–H and O–H groups in total. The Morgan fingerprint density at radius 1 is 0.698 bits per heavy atom. The van der Waals surface area contributed by atoms with Crippen molar-refractivity contribution in [1.82, 2.24) is 0 Å². The molecule has 6 atom stereocenters. The molecule has 0 fully saturated rings. The first-order valence-electron chi connectivity index (χ1n) is 12.2. The Bertz CT molecular complexity index is 1320. The third-order valence-electron chi connectivity index (χ3n) is 6.80. The van der Waals surface area contributed by atoms with Crippen LogP contribution in [0.3, 0.4) is 0 Å². The summed E-state index contributed by atoms with van der Waals surface area (Å²) in [7, 11) is 0. The molecule has 228 valence electrons. The highest BCUT2D eigenvalue weighted by atomic mass is 16.6. The summed E-state index contributed by atoms with van der Waals surface area (Å²) in [5, 5.41) is 39.1. The minimum Gasteiger partial charge on any atom is -0.480 e. The minimum atomic E-state index is -2.25. The van der Waals surface area contributed by atoms with Crippen LogP contribution in [0, 0.1) is 22.7 Å². The predicted octanol–water partition coefficient (Wildman–Crippen LogP) is 0.828. The quantitative estimate of drug-likeness (QED) is 0.0794. The van der Waals surface area contributed by atoms with Gasteiger partial charge in [-0.3, -0.25) is 19.2 Å². The number of aliphatic carboxylic acids is 4. The van der Waals surface area contributed by atoms with Gasteiger partial charge in [0, 0.05) is 12.2 Å². The molecule has 0 heterocycles. The number of carbonyl (C=O) groups is 8. The van der Waals surface area contributed by atoms with Gasteiger partial charge in [0.1, 0.15) is 34.9 Å². The van der Waals surface area contributed by atoms with Crippen molar-refractivity contribution in [2.24, 2.45) is 22.7 Å². The molecule has 0 bridgehead atoms. The maximum Gasteiger partial charge on any atom is 0.332 e. The highest BCUT2D eigenvalue weighted by Crippen LogP contribution is 2.39. The van der Waals surface area contributed by atoms with Crippen LogP contribution in [0.2, 0.25) is 0 Å². The van der Waals surface area contributed by atoms with Crippen molar-refractivity contribution in [2.45, 2.75) is 26.1 Å². The van der Waals surface area contributed by atoms with E-state index in [-0.39, 0.29) is 0 Å². The summed E-state index contributed by atoms with van der Waals surface area (Å²) in [6, 6.07) is 0. The van der Waals surface area contributed by atoms with Gasteiger partial charge in [-0.2, -0.15) is 0 Å². The van der Waals surface area contributed by atoms with E-state index in [1.807, 2.05) is 0 Å². The number of esters is 4. The lowest BCUT2D eigenvalue weighted by atomic mass is 9.74. The van der Waals surface area contributed by atoms with Crippen molar-refractivity contribution in [3.05, 3.63) is 72.9 Å². The van der Waals surface area contributed by atoms with E-state index in [1.165, 1.54) is 0 Å². The smallest absolute Gasteiger partial charge is 0.332 e. The third kappa shape index (κ3) is 6.66. The third-order valence-corrected chi connectivity index (χ3v) is 6.80. The van der Waals surface area contributed by atoms with Crippen LogP contribution in [-0.4, -0.2) is 80.4 Å². The van der Waals surface area contributed by atoms with Gasteiger partial charge in [0.2, 0.25) is 0 Å². The van der Waals surface area contributed by atoms with Crippen LogP contribution < -0.4 is 0 Å². The molecule has 0 spiro atoms. The average Bonchev–Trinajstić information content (AvgIpc) is 2.95. The molecular weight excluding hydrogens is 576 g/mol. The highest BCUT2D eigenvalue weighted by Gasteiger charge is 2.49. The lowest BCUT2D eigenvalue weighted by Crippen LogP contribution is -2.44. The largest absolute Gasteiger partial charge is 0.480 e. The first kappa shape index (κ1) is 33.6. The van der Waals surface area contributed by atoms with Crippen LogP contribution in [0.4, 0.5) is 0 Å². The number of carboxylic acid groups (broad SMARTS) is 4. The van der Waals surface area contributed by atoms with Gasteiger partial charge in [-0.1, -0.05) is 37.5 Å². The monoisotopic (exact) mass is 602 g/mol. The summed E-state index contributed by atoms with van der Waals surface area (Å²) in [5.74, 6) is -15.7. The lowest BCUT2D eigenvalue weighted by Gasteiger charge is -2.33. The summed E-state index contributed by atoms with van der Waals surface area (Å²) in [6.45, 7) is 8.69. The van der Waals surface area contributed by atoms with E-state index in [0.717, 1.165) is 50.3 Å². The second-order valence-corrected chi connectivity index (χ2v) is 9.27. The maximum absolute atomic E-state index is 12.9. The fourth-order valence-corrected chi connectivity index (χ4v) is 4.29. The van der Waals surface area contributed by atoms with Crippen molar-refractivity contribution in [3.8, 4) is 0 Å². The molecule has 15 heteroatoms.